The topological polar surface area (TPSA) is 18.8 Å². The summed E-state index contributed by atoms with van der Waals surface area (Å²) in [5.41, 5.74) is 0. The molecule has 1 aliphatic rings. The Bertz CT molecular complexity index is 260. The van der Waals surface area contributed by atoms with Crippen molar-refractivity contribution in [3.63, 3.8) is 0 Å². The Morgan fingerprint density at radius 2 is 2.00 bits per heavy atom. The lowest BCUT2D eigenvalue weighted by Gasteiger charge is -2.34. The van der Waals surface area contributed by atoms with Gasteiger partial charge in [-0.15, -0.1) is 0 Å². The van der Waals surface area contributed by atoms with Crippen molar-refractivity contribution in [2.24, 2.45) is 4.99 Å². The third-order valence-corrected chi connectivity index (χ3v) is 2.79. The molecule has 0 bridgehead atoms. The van der Waals surface area contributed by atoms with E-state index < -0.39 is 0 Å². The van der Waals surface area contributed by atoms with E-state index in [-0.39, 0.29) is 0 Å². The Morgan fingerprint density at radius 3 is 2.56 bits per heavy atom. The number of likely N-dealkylation sites (N-methyl/N-ethyl adjacent to an activating group) is 1. The molecule has 90 valence electrons. The van der Waals surface area contributed by atoms with E-state index in [4.69, 9.17) is 0 Å². The Kier molecular flexibility index (Phi) is 5.86. The molecular weight excluding hydrogens is 198 g/mol. The third kappa shape index (κ3) is 4.19. The predicted octanol–water partition coefficient (Wildman–Crippen LogP) is 2.13. The number of aliphatic imine (C=N–C) groups is 1. The molecule has 0 atom stereocenters. The van der Waals surface area contributed by atoms with Crippen LogP contribution in [0.4, 0.5) is 0 Å². The molecule has 0 aromatic rings. The number of nitrogens with zero attached hydrogens (tertiary/aromatic N) is 3. The first kappa shape index (κ1) is 13.0. The summed E-state index contributed by atoms with van der Waals surface area (Å²) < 4.78 is 0. The third-order valence-electron chi connectivity index (χ3n) is 2.79. The first-order valence-corrected chi connectivity index (χ1v) is 6.05. The van der Waals surface area contributed by atoms with E-state index in [0.29, 0.717) is 0 Å². The molecular formula is C13H23N3. The molecule has 3 heteroatoms. The van der Waals surface area contributed by atoms with E-state index in [0.717, 1.165) is 39.0 Å². The van der Waals surface area contributed by atoms with Crippen molar-refractivity contribution in [2.75, 3.05) is 33.2 Å². The van der Waals surface area contributed by atoms with Crippen LogP contribution in [0.1, 0.15) is 19.8 Å². The van der Waals surface area contributed by atoms with Crippen molar-refractivity contribution in [1.29, 1.82) is 0 Å². The Morgan fingerprint density at radius 1 is 1.31 bits per heavy atom. The lowest BCUT2D eigenvalue weighted by atomic mass is 10.2. The van der Waals surface area contributed by atoms with Gasteiger partial charge in [-0.3, -0.25) is 0 Å². The van der Waals surface area contributed by atoms with Gasteiger partial charge in [0.2, 0.25) is 0 Å². The SMILES string of the molecule is C=C/C=C\N=C(CCC)N1CCN(C)CC1. The van der Waals surface area contributed by atoms with E-state index in [1.54, 1.807) is 6.08 Å². The number of hydrogen-bond acceptors (Lipinski definition) is 2. The summed E-state index contributed by atoms with van der Waals surface area (Å²) >= 11 is 0. The molecule has 1 heterocycles. The summed E-state index contributed by atoms with van der Waals surface area (Å²) in [4.78, 5) is 9.28. The lowest BCUT2D eigenvalue weighted by Crippen LogP contribution is -2.47. The van der Waals surface area contributed by atoms with Crippen molar-refractivity contribution >= 4 is 5.84 Å². The quantitative estimate of drug-likeness (QED) is 0.411. The van der Waals surface area contributed by atoms with Gasteiger partial charge in [0, 0.05) is 38.8 Å². The number of rotatable bonds is 4. The Balaban J connectivity index is 2.58. The van der Waals surface area contributed by atoms with Crippen LogP contribution in [0, 0.1) is 0 Å². The Hall–Kier alpha value is -1.09. The van der Waals surface area contributed by atoms with Gasteiger partial charge in [0.05, 0.1) is 0 Å². The number of hydrogen-bond donors (Lipinski definition) is 0. The maximum Gasteiger partial charge on any atom is 0.104 e. The molecule has 0 amide bonds. The van der Waals surface area contributed by atoms with Crippen LogP contribution in [0.5, 0.6) is 0 Å². The highest BCUT2D eigenvalue weighted by Crippen LogP contribution is 2.05. The van der Waals surface area contributed by atoms with Gasteiger partial charge in [-0.1, -0.05) is 19.6 Å². The van der Waals surface area contributed by atoms with Crippen LogP contribution in [0.2, 0.25) is 0 Å². The van der Waals surface area contributed by atoms with Gasteiger partial charge < -0.3 is 9.80 Å². The van der Waals surface area contributed by atoms with E-state index in [1.165, 1.54) is 5.84 Å². The van der Waals surface area contributed by atoms with Crippen LogP contribution in [0.25, 0.3) is 0 Å². The second-order valence-electron chi connectivity index (χ2n) is 4.16. The molecule has 0 spiro atoms. The zero-order valence-electron chi connectivity index (χ0n) is 10.5. The van der Waals surface area contributed by atoms with E-state index in [2.05, 4.69) is 35.3 Å². The highest BCUT2D eigenvalue weighted by atomic mass is 15.3. The smallest absolute Gasteiger partial charge is 0.104 e. The largest absolute Gasteiger partial charge is 0.357 e. The molecule has 0 aliphatic carbocycles. The van der Waals surface area contributed by atoms with Crippen molar-refractivity contribution in [3.8, 4) is 0 Å². The van der Waals surface area contributed by atoms with E-state index >= 15 is 0 Å². The van der Waals surface area contributed by atoms with Crippen LogP contribution in [0.3, 0.4) is 0 Å². The second kappa shape index (κ2) is 7.23. The fourth-order valence-electron chi connectivity index (χ4n) is 1.78. The summed E-state index contributed by atoms with van der Waals surface area (Å²) in [6, 6.07) is 0. The molecule has 0 aromatic carbocycles. The van der Waals surface area contributed by atoms with Crippen LogP contribution in [0.15, 0.2) is 29.9 Å². The minimum absolute atomic E-state index is 1.06. The van der Waals surface area contributed by atoms with Gasteiger partial charge >= 0.3 is 0 Å². The molecule has 3 nitrogen and oxygen atoms in total. The molecule has 0 radical (unpaired) electrons. The first-order chi connectivity index (χ1) is 7.77. The summed E-state index contributed by atoms with van der Waals surface area (Å²) in [5, 5.41) is 0. The average Bonchev–Trinajstić information content (AvgIpc) is 2.29. The van der Waals surface area contributed by atoms with Gasteiger partial charge in [0.15, 0.2) is 0 Å². The zero-order valence-corrected chi connectivity index (χ0v) is 10.5. The molecule has 0 saturated carbocycles. The zero-order chi connectivity index (χ0) is 11.8. The van der Waals surface area contributed by atoms with E-state index in [1.807, 2.05) is 12.3 Å². The summed E-state index contributed by atoms with van der Waals surface area (Å²) in [6.45, 7) is 10.3. The van der Waals surface area contributed by atoms with Gasteiger partial charge in [0.1, 0.15) is 5.84 Å². The standard InChI is InChI=1S/C13H23N3/c1-4-6-8-14-13(7-5-2)16-11-9-15(3)10-12-16/h4,6,8H,1,5,7,9-12H2,2-3H3/b8-6-,14-13?. The molecule has 0 aromatic heterocycles. The average molecular weight is 221 g/mol. The van der Waals surface area contributed by atoms with Gasteiger partial charge in [-0.25, -0.2) is 4.99 Å². The van der Waals surface area contributed by atoms with Crippen molar-refractivity contribution in [1.82, 2.24) is 9.80 Å². The number of amidine groups is 1. The monoisotopic (exact) mass is 221 g/mol. The summed E-state index contributed by atoms with van der Waals surface area (Å²) in [5.74, 6) is 1.22. The molecule has 0 unspecified atom stereocenters. The van der Waals surface area contributed by atoms with Crippen LogP contribution in [-0.4, -0.2) is 48.9 Å². The highest BCUT2D eigenvalue weighted by molar-refractivity contribution is 5.83. The normalized spacial score (nSPS) is 19.4. The fourth-order valence-corrected chi connectivity index (χ4v) is 1.78. The molecule has 16 heavy (non-hydrogen) atoms. The lowest BCUT2D eigenvalue weighted by molar-refractivity contribution is 0.213. The molecule has 1 rings (SSSR count). The number of allylic oxidation sites excluding steroid dienone is 2. The number of piperazine rings is 1. The van der Waals surface area contributed by atoms with Crippen LogP contribution in [-0.2, 0) is 0 Å². The first-order valence-electron chi connectivity index (χ1n) is 6.05. The second-order valence-corrected chi connectivity index (χ2v) is 4.16. The Labute approximate surface area is 99.1 Å². The van der Waals surface area contributed by atoms with Gasteiger partial charge in [0.25, 0.3) is 0 Å². The predicted molar refractivity (Wildman–Crippen MR) is 70.8 cm³/mol. The van der Waals surface area contributed by atoms with Gasteiger partial charge in [-0.05, 0) is 19.5 Å². The van der Waals surface area contributed by atoms with E-state index in [9.17, 15) is 0 Å². The molecule has 1 saturated heterocycles. The van der Waals surface area contributed by atoms with Crippen molar-refractivity contribution < 1.29 is 0 Å². The summed E-state index contributed by atoms with van der Waals surface area (Å²) in [7, 11) is 2.17. The molecule has 1 aliphatic heterocycles. The molecule has 0 N–H and O–H groups in total. The maximum atomic E-state index is 4.52. The fraction of sp³-hybridized carbons (Fsp3) is 0.615. The van der Waals surface area contributed by atoms with Gasteiger partial charge in [-0.2, -0.15) is 0 Å². The van der Waals surface area contributed by atoms with Crippen molar-refractivity contribution in [3.05, 3.63) is 24.9 Å². The van der Waals surface area contributed by atoms with Crippen LogP contribution >= 0.6 is 0 Å². The minimum Gasteiger partial charge on any atom is -0.357 e. The maximum absolute atomic E-state index is 4.52. The van der Waals surface area contributed by atoms with Crippen LogP contribution < -0.4 is 0 Å². The summed E-state index contributed by atoms with van der Waals surface area (Å²) in [6.07, 6.45) is 7.69. The minimum atomic E-state index is 1.06. The highest BCUT2D eigenvalue weighted by Gasteiger charge is 2.16. The molecule has 1 fully saturated rings. The van der Waals surface area contributed by atoms with Crippen molar-refractivity contribution in [2.45, 2.75) is 19.8 Å².